The standard InChI is InChI=1S/C11H20N2O/c1-3-7-13-8-4-5-11(13)10-12-6-9-14-2/h4-5,8,12H,3,6-7,9-10H2,1-2H3. The maximum absolute atomic E-state index is 4.97. The smallest absolute Gasteiger partial charge is 0.0587 e. The van der Waals surface area contributed by atoms with Gasteiger partial charge in [-0.25, -0.2) is 0 Å². The third-order valence-corrected chi connectivity index (χ3v) is 2.18. The summed E-state index contributed by atoms with van der Waals surface area (Å²) in [5, 5.41) is 3.34. The van der Waals surface area contributed by atoms with Gasteiger partial charge >= 0.3 is 0 Å². The van der Waals surface area contributed by atoms with Gasteiger partial charge in [0.25, 0.3) is 0 Å². The average Bonchev–Trinajstić information content (AvgIpc) is 2.61. The molecule has 0 aliphatic rings. The summed E-state index contributed by atoms with van der Waals surface area (Å²) in [7, 11) is 1.72. The molecule has 0 amide bonds. The second kappa shape index (κ2) is 6.62. The summed E-state index contributed by atoms with van der Waals surface area (Å²) in [6, 6.07) is 4.26. The van der Waals surface area contributed by atoms with Crippen LogP contribution in [0.3, 0.4) is 0 Å². The zero-order valence-electron chi connectivity index (χ0n) is 9.12. The highest BCUT2D eigenvalue weighted by Gasteiger charge is 1.98. The summed E-state index contributed by atoms with van der Waals surface area (Å²) in [5.74, 6) is 0. The van der Waals surface area contributed by atoms with Crippen LogP contribution in [0.25, 0.3) is 0 Å². The lowest BCUT2D eigenvalue weighted by Crippen LogP contribution is -2.20. The Morgan fingerprint density at radius 1 is 1.50 bits per heavy atom. The molecule has 0 unspecified atom stereocenters. The quantitative estimate of drug-likeness (QED) is 0.671. The van der Waals surface area contributed by atoms with Crippen LogP contribution in [0.4, 0.5) is 0 Å². The number of methoxy groups -OCH3 is 1. The van der Waals surface area contributed by atoms with Crippen molar-refractivity contribution in [1.82, 2.24) is 9.88 Å². The first-order valence-corrected chi connectivity index (χ1v) is 5.22. The Labute approximate surface area is 86.1 Å². The van der Waals surface area contributed by atoms with Crippen LogP contribution < -0.4 is 5.32 Å². The van der Waals surface area contributed by atoms with Gasteiger partial charge in [-0.2, -0.15) is 0 Å². The molecule has 1 aromatic rings. The predicted octanol–water partition coefficient (Wildman–Crippen LogP) is 1.63. The van der Waals surface area contributed by atoms with Crippen LogP contribution >= 0.6 is 0 Å². The summed E-state index contributed by atoms with van der Waals surface area (Å²) in [4.78, 5) is 0. The average molecular weight is 196 g/mol. The van der Waals surface area contributed by atoms with Crippen molar-refractivity contribution in [3.63, 3.8) is 0 Å². The van der Waals surface area contributed by atoms with Crippen molar-refractivity contribution in [2.45, 2.75) is 26.4 Å². The summed E-state index contributed by atoms with van der Waals surface area (Å²) < 4.78 is 7.26. The Balaban J connectivity index is 2.30. The third-order valence-electron chi connectivity index (χ3n) is 2.18. The number of hydrogen-bond donors (Lipinski definition) is 1. The minimum absolute atomic E-state index is 0.772. The van der Waals surface area contributed by atoms with E-state index in [0.29, 0.717) is 0 Å². The lowest BCUT2D eigenvalue weighted by Gasteiger charge is -2.08. The van der Waals surface area contributed by atoms with E-state index in [0.717, 1.165) is 26.2 Å². The molecule has 0 saturated carbocycles. The molecule has 1 heterocycles. The highest BCUT2D eigenvalue weighted by Crippen LogP contribution is 2.02. The summed E-state index contributed by atoms with van der Waals surface area (Å²) in [5.41, 5.74) is 1.35. The van der Waals surface area contributed by atoms with Gasteiger partial charge in [-0.3, -0.25) is 0 Å². The molecule has 0 radical (unpaired) electrons. The molecule has 0 aromatic carbocycles. The second-order valence-corrected chi connectivity index (χ2v) is 3.36. The fourth-order valence-corrected chi connectivity index (χ4v) is 1.46. The highest BCUT2D eigenvalue weighted by atomic mass is 16.5. The van der Waals surface area contributed by atoms with E-state index in [9.17, 15) is 0 Å². The maximum atomic E-state index is 4.97. The Bertz CT molecular complexity index is 245. The van der Waals surface area contributed by atoms with Crippen molar-refractivity contribution in [3.05, 3.63) is 24.0 Å². The van der Waals surface area contributed by atoms with Crippen molar-refractivity contribution in [2.24, 2.45) is 0 Å². The van der Waals surface area contributed by atoms with Crippen LogP contribution in [-0.2, 0) is 17.8 Å². The van der Waals surface area contributed by atoms with Gasteiger partial charge in [-0.1, -0.05) is 6.92 Å². The van der Waals surface area contributed by atoms with Gasteiger partial charge < -0.3 is 14.6 Å². The van der Waals surface area contributed by atoms with Gasteiger partial charge in [-0.15, -0.1) is 0 Å². The monoisotopic (exact) mass is 196 g/mol. The molecule has 0 fully saturated rings. The number of rotatable bonds is 7. The topological polar surface area (TPSA) is 26.2 Å². The van der Waals surface area contributed by atoms with Gasteiger partial charge in [0.15, 0.2) is 0 Å². The molecule has 0 aliphatic carbocycles. The molecule has 0 bridgehead atoms. The number of aryl methyl sites for hydroxylation is 1. The maximum Gasteiger partial charge on any atom is 0.0587 e. The van der Waals surface area contributed by atoms with E-state index in [2.05, 4.69) is 35.1 Å². The molecule has 0 saturated heterocycles. The van der Waals surface area contributed by atoms with Gasteiger partial charge in [0.2, 0.25) is 0 Å². The number of aromatic nitrogens is 1. The van der Waals surface area contributed by atoms with Crippen LogP contribution in [0.2, 0.25) is 0 Å². The number of nitrogens with one attached hydrogen (secondary N) is 1. The first kappa shape index (κ1) is 11.3. The van der Waals surface area contributed by atoms with E-state index >= 15 is 0 Å². The van der Waals surface area contributed by atoms with Crippen LogP contribution in [-0.4, -0.2) is 24.8 Å². The molecule has 0 spiro atoms. The summed E-state index contributed by atoms with van der Waals surface area (Å²) >= 11 is 0. The minimum atomic E-state index is 0.772. The molecular formula is C11H20N2O. The van der Waals surface area contributed by atoms with Crippen LogP contribution in [0.15, 0.2) is 18.3 Å². The van der Waals surface area contributed by atoms with E-state index in [1.54, 1.807) is 7.11 Å². The molecule has 3 heteroatoms. The Morgan fingerprint density at radius 3 is 3.07 bits per heavy atom. The molecule has 1 aromatic heterocycles. The van der Waals surface area contributed by atoms with Gasteiger partial charge in [0.05, 0.1) is 6.61 Å². The predicted molar refractivity (Wildman–Crippen MR) is 58.3 cm³/mol. The molecule has 14 heavy (non-hydrogen) atoms. The molecule has 0 atom stereocenters. The number of hydrogen-bond acceptors (Lipinski definition) is 2. The lowest BCUT2D eigenvalue weighted by molar-refractivity contribution is 0.199. The van der Waals surface area contributed by atoms with Crippen LogP contribution in [0, 0.1) is 0 Å². The lowest BCUT2D eigenvalue weighted by atomic mass is 10.4. The summed E-state index contributed by atoms with van der Waals surface area (Å²) in [6.07, 6.45) is 3.32. The SMILES string of the molecule is CCCn1cccc1CNCCOC. The van der Waals surface area contributed by atoms with Crippen molar-refractivity contribution >= 4 is 0 Å². The van der Waals surface area contributed by atoms with Crippen molar-refractivity contribution in [1.29, 1.82) is 0 Å². The molecule has 1 rings (SSSR count). The second-order valence-electron chi connectivity index (χ2n) is 3.36. The number of ether oxygens (including phenoxy) is 1. The zero-order valence-corrected chi connectivity index (χ0v) is 9.12. The molecule has 0 aliphatic heterocycles. The first-order valence-electron chi connectivity index (χ1n) is 5.22. The molecular weight excluding hydrogens is 176 g/mol. The molecule has 1 N–H and O–H groups in total. The van der Waals surface area contributed by atoms with Gasteiger partial charge in [0, 0.05) is 38.6 Å². The van der Waals surface area contributed by atoms with E-state index < -0.39 is 0 Å². The van der Waals surface area contributed by atoms with Crippen molar-refractivity contribution in [2.75, 3.05) is 20.3 Å². The third kappa shape index (κ3) is 3.52. The van der Waals surface area contributed by atoms with E-state index in [4.69, 9.17) is 4.74 Å². The van der Waals surface area contributed by atoms with Crippen LogP contribution in [0.1, 0.15) is 19.0 Å². The highest BCUT2D eigenvalue weighted by molar-refractivity contribution is 5.06. The first-order chi connectivity index (χ1) is 6.88. The van der Waals surface area contributed by atoms with Crippen LogP contribution in [0.5, 0.6) is 0 Å². The molecule has 3 nitrogen and oxygen atoms in total. The fourth-order valence-electron chi connectivity index (χ4n) is 1.46. The number of nitrogens with zero attached hydrogens (tertiary/aromatic N) is 1. The molecule has 80 valence electrons. The Hall–Kier alpha value is -0.800. The zero-order chi connectivity index (χ0) is 10.2. The minimum Gasteiger partial charge on any atom is -0.383 e. The van der Waals surface area contributed by atoms with Crippen molar-refractivity contribution in [3.8, 4) is 0 Å². The van der Waals surface area contributed by atoms with Gasteiger partial charge in [0.1, 0.15) is 0 Å². The van der Waals surface area contributed by atoms with Gasteiger partial charge in [-0.05, 0) is 18.6 Å². The fraction of sp³-hybridized carbons (Fsp3) is 0.636. The Kier molecular flexibility index (Phi) is 5.33. The Morgan fingerprint density at radius 2 is 2.36 bits per heavy atom. The largest absolute Gasteiger partial charge is 0.383 e. The van der Waals surface area contributed by atoms with E-state index in [-0.39, 0.29) is 0 Å². The van der Waals surface area contributed by atoms with E-state index in [1.165, 1.54) is 12.1 Å². The summed E-state index contributed by atoms with van der Waals surface area (Å²) in [6.45, 7) is 5.91. The van der Waals surface area contributed by atoms with Crippen molar-refractivity contribution < 1.29 is 4.74 Å². The normalized spacial score (nSPS) is 10.7. The van der Waals surface area contributed by atoms with E-state index in [1.807, 2.05) is 0 Å².